The predicted octanol–water partition coefficient (Wildman–Crippen LogP) is 2.63. The zero-order valence-electron chi connectivity index (χ0n) is 14.4. The fraction of sp³-hybridized carbons (Fsp3) is 0.200. The fourth-order valence-corrected chi connectivity index (χ4v) is 2.70. The van der Waals surface area contributed by atoms with Crippen LogP contribution in [0.15, 0.2) is 53.3 Å². The summed E-state index contributed by atoms with van der Waals surface area (Å²) >= 11 is 0. The molecular formula is C20H17N3O4. The van der Waals surface area contributed by atoms with E-state index < -0.39 is 5.97 Å². The van der Waals surface area contributed by atoms with Crippen LogP contribution < -0.4 is 10.9 Å². The zero-order valence-corrected chi connectivity index (χ0v) is 14.4. The minimum atomic E-state index is -0.536. The highest BCUT2D eigenvalue weighted by atomic mass is 16.5. The number of benzene rings is 2. The van der Waals surface area contributed by atoms with E-state index in [0.29, 0.717) is 22.2 Å². The summed E-state index contributed by atoms with van der Waals surface area (Å²) in [5.41, 5.74) is 1.26. The van der Waals surface area contributed by atoms with Crippen LogP contribution in [0.5, 0.6) is 0 Å². The van der Waals surface area contributed by atoms with Gasteiger partial charge in [0.15, 0.2) is 0 Å². The van der Waals surface area contributed by atoms with Gasteiger partial charge >= 0.3 is 5.97 Å². The molecule has 7 heteroatoms. The number of aromatic amines is 1. The number of amides is 1. The predicted molar refractivity (Wildman–Crippen MR) is 99.3 cm³/mol. The Balaban J connectivity index is 1.40. The van der Waals surface area contributed by atoms with Gasteiger partial charge < -0.3 is 15.0 Å². The van der Waals surface area contributed by atoms with E-state index in [1.165, 1.54) is 0 Å². The number of rotatable bonds is 5. The van der Waals surface area contributed by atoms with E-state index in [-0.39, 0.29) is 29.8 Å². The van der Waals surface area contributed by atoms with Crippen molar-refractivity contribution in [2.45, 2.75) is 19.4 Å². The molecule has 0 spiro atoms. The second kappa shape index (κ2) is 7.03. The van der Waals surface area contributed by atoms with Gasteiger partial charge in [-0.15, -0.1) is 0 Å². The highest BCUT2D eigenvalue weighted by Crippen LogP contribution is 2.30. The number of nitrogens with zero attached hydrogens (tertiary/aromatic N) is 1. The number of H-pyrrole nitrogens is 1. The molecule has 1 aliphatic carbocycles. The van der Waals surface area contributed by atoms with Crippen LogP contribution in [-0.4, -0.2) is 21.8 Å². The lowest BCUT2D eigenvalue weighted by Crippen LogP contribution is -2.15. The number of ether oxygens (including phenoxy) is 1. The smallest absolute Gasteiger partial charge is 0.338 e. The van der Waals surface area contributed by atoms with Crippen molar-refractivity contribution in [1.82, 2.24) is 9.97 Å². The summed E-state index contributed by atoms with van der Waals surface area (Å²) in [4.78, 5) is 42.8. The average molecular weight is 363 g/mol. The Morgan fingerprint density at radius 2 is 1.85 bits per heavy atom. The normalized spacial score (nSPS) is 13.3. The van der Waals surface area contributed by atoms with E-state index in [2.05, 4.69) is 15.3 Å². The largest absolute Gasteiger partial charge is 0.454 e. The molecule has 0 saturated heterocycles. The van der Waals surface area contributed by atoms with Gasteiger partial charge in [-0.1, -0.05) is 12.1 Å². The van der Waals surface area contributed by atoms with Gasteiger partial charge in [-0.25, -0.2) is 9.78 Å². The summed E-state index contributed by atoms with van der Waals surface area (Å²) < 4.78 is 5.23. The van der Waals surface area contributed by atoms with Crippen LogP contribution in [0.25, 0.3) is 10.9 Å². The molecule has 1 amide bonds. The van der Waals surface area contributed by atoms with Crippen molar-refractivity contribution in [3.63, 3.8) is 0 Å². The number of hydrogen-bond acceptors (Lipinski definition) is 5. The minimum absolute atomic E-state index is 0.0108. The van der Waals surface area contributed by atoms with E-state index in [4.69, 9.17) is 4.74 Å². The number of nitrogens with one attached hydrogen (secondary N) is 2. The highest BCUT2D eigenvalue weighted by molar-refractivity contribution is 5.95. The van der Waals surface area contributed by atoms with E-state index in [1.807, 2.05) is 0 Å². The van der Waals surface area contributed by atoms with Gasteiger partial charge in [0.2, 0.25) is 5.91 Å². The molecular weight excluding hydrogens is 346 g/mol. The summed E-state index contributed by atoms with van der Waals surface area (Å²) in [5, 5.41) is 3.29. The van der Waals surface area contributed by atoms with E-state index >= 15 is 0 Å². The first-order chi connectivity index (χ1) is 13.1. The van der Waals surface area contributed by atoms with Crippen molar-refractivity contribution >= 4 is 28.5 Å². The summed E-state index contributed by atoms with van der Waals surface area (Å²) in [5.74, 6) is -0.130. The molecule has 3 aromatic rings. The van der Waals surface area contributed by atoms with Crippen molar-refractivity contribution in [2.75, 3.05) is 5.32 Å². The molecule has 7 nitrogen and oxygen atoms in total. The zero-order chi connectivity index (χ0) is 18.8. The Kier molecular flexibility index (Phi) is 4.42. The second-order valence-electron chi connectivity index (χ2n) is 6.45. The molecule has 136 valence electrons. The number of hydrogen-bond donors (Lipinski definition) is 2. The fourth-order valence-electron chi connectivity index (χ4n) is 2.70. The molecule has 2 N–H and O–H groups in total. The number of anilines is 1. The molecule has 0 unspecified atom stereocenters. The third kappa shape index (κ3) is 3.87. The molecule has 2 aromatic carbocycles. The van der Waals surface area contributed by atoms with Gasteiger partial charge in [-0.05, 0) is 49.2 Å². The molecule has 0 bridgehead atoms. The third-order valence-corrected chi connectivity index (χ3v) is 4.34. The standard InChI is InChI=1S/C20H17N3O4/c24-18(12-5-6-12)21-14-9-7-13(8-10-14)20(26)27-11-17-22-16-4-2-1-3-15(16)19(25)23-17/h1-4,7-10,12H,5-6,11H2,(H,21,24)(H,22,23,25). The van der Waals surface area contributed by atoms with Gasteiger partial charge in [0.25, 0.3) is 5.56 Å². The van der Waals surface area contributed by atoms with Crippen molar-refractivity contribution < 1.29 is 14.3 Å². The lowest BCUT2D eigenvalue weighted by Gasteiger charge is -2.07. The van der Waals surface area contributed by atoms with Crippen LogP contribution in [0.2, 0.25) is 0 Å². The summed E-state index contributed by atoms with van der Waals surface area (Å²) in [6.07, 6.45) is 1.86. The maximum Gasteiger partial charge on any atom is 0.338 e. The monoisotopic (exact) mass is 363 g/mol. The average Bonchev–Trinajstić information content (AvgIpc) is 3.52. The first-order valence-electron chi connectivity index (χ1n) is 8.66. The van der Waals surface area contributed by atoms with Gasteiger partial charge in [-0.2, -0.15) is 0 Å². The van der Waals surface area contributed by atoms with Crippen molar-refractivity contribution in [3.05, 3.63) is 70.3 Å². The van der Waals surface area contributed by atoms with E-state index in [1.54, 1.807) is 48.5 Å². The SMILES string of the molecule is O=C(OCc1nc2ccccc2c(=O)[nH]1)c1ccc(NC(=O)C2CC2)cc1. The van der Waals surface area contributed by atoms with Crippen molar-refractivity contribution in [2.24, 2.45) is 5.92 Å². The molecule has 0 atom stereocenters. The van der Waals surface area contributed by atoms with Gasteiger partial charge in [0.1, 0.15) is 12.4 Å². The Hall–Kier alpha value is -3.48. The van der Waals surface area contributed by atoms with Crippen molar-refractivity contribution in [3.8, 4) is 0 Å². The van der Waals surface area contributed by atoms with Crippen LogP contribution in [0.1, 0.15) is 29.0 Å². The van der Waals surface area contributed by atoms with E-state index in [9.17, 15) is 14.4 Å². The Morgan fingerprint density at radius 1 is 1.11 bits per heavy atom. The van der Waals surface area contributed by atoms with Crippen LogP contribution in [-0.2, 0) is 16.1 Å². The number of esters is 1. The first-order valence-corrected chi connectivity index (χ1v) is 8.66. The second-order valence-corrected chi connectivity index (χ2v) is 6.45. The maximum atomic E-state index is 12.2. The molecule has 0 aliphatic heterocycles. The molecule has 1 fully saturated rings. The van der Waals surface area contributed by atoms with Gasteiger partial charge in [0.05, 0.1) is 16.5 Å². The topological polar surface area (TPSA) is 101 Å². The highest BCUT2D eigenvalue weighted by Gasteiger charge is 2.29. The molecule has 1 aliphatic rings. The molecule has 4 rings (SSSR count). The number of fused-ring (bicyclic) bond motifs is 1. The summed E-state index contributed by atoms with van der Waals surface area (Å²) in [7, 11) is 0. The Morgan fingerprint density at radius 3 is 2.59 bits per heavy atom. The van der Waals surface area contributed by atoms with Crippen LogP contribution in [0.3, 0.4) is 0 Å². The molecule has 1 saturated carbocycles. The molecule has 1 heterocycles. The quantitative estimate of drug-likeness (QED) is 0.679. The third-order valence-electron chi connectivity index (χ3n) is 4.34. The minimum Gasteiger partial charge on any atom is -0.454 e. The number of aromatic nitrogens is 2. The van der Waals surface area contributed by atoms with Gasteiger partial charge in [0, 0.05) is 11.6 Å². The lowest BCUT2D eigenvalue weighted by molar-refractivity contribution is -0.117. The molecule has 1 aromatic heterocycles. The number of carbonyl (C=O) groups excluding carboxylic acids is 2. The molecule has 27 heavy (non-hydrogen) atoms. The summed E-state index contributed by atoms with van der Waals surface area (Å²) in [6.45, 7) is -0.140. The van der Waals surface area contributed by atoms with Crippen LogP contribution >= 0.6 is 0 Å². The Bertz CT molecular complexity index is 1070. The molecule has 0 radical (unpaired) electrons. The summed E-state index contributed by atoms with van der Waals surface area (Å²) in [6, 6.07) is 13.4. The van der Waals surface area contributed by atoms with Crippen LogP contribution in [0.4, 0.5) is 5.69 Å². The number of carbonyl (C=O) groups is 2. The van der Waals surface area contributed by atoms with Gasteiger partial charge in [-0.3, -0.25) is 9.59 Å². The maximum absolute atomic E-state index is 12.2. The van der Waals surface area contributed by atoms with Crippen LogP contribution in [0, 0.1) is 5.92 Å². The van der Waals surface area contributed by atoms with Crippen molar-refractivity contribution in [1.29, 1.82) is 0 Å². The first kappa shape index (κ1) is 17.0. The van der Waals surface area contributed by atoms with E-state index in [0.717, 1.165) is 12.8 Å². The number of para-hydroxylation sites is 1. The lowest BCUT2D eigenvalue weighted by atomic mass is 10.2. The Labute approximate surface area is 154 Å².